The van der Waals surface area contributed by atoms with Gasteiger partial charge in [0.2, 0.25) is 5.91 Å². The van der Waals surface area contributed by atoms with Gasteiger partial charge in [0.05, 0.1) is 18.8 Å². The van der Waals surface area contributed by atoms with Gasteiger partial charge in [0.1, 0.15) is 0 Å². The maximum atomic E-state index is 12.4. The Balaban J connectivity index is 3.59. The van der Waals surface area contributed by atoms with Crippen LogP contribution in [0.4, 0.5) is 0 Å². The quantitative estimate of drug-likeness (QED) is 0.0455. The Bertz CT molecular complexity index is 676. The number of aliphatic hydroxyl groups is 2. The van der Waals surface area contributed by atoms with Crippen LogP contribution in [0.1, 0.15) is 226 Å². The van der Waals surface area contributed by atoms with Crippen molar-refractivity contribution >= 4 is 5.91 Å². The standard InChI is InChI=1S/C43H83NO3/c1-3-5-7-9-11-13-15-17-19-21-23-25-27-29-31-33-35-37-39-43(47)44-41(40-45)42(46)38-36-34-32-30-28-26-24-22-20-18-16-14-12-10-8-6-4-2/h28,30,36,38,41-42,45-46H,3-27,29,31-35,37,39-40H2,1-2H3,(H,44,47)/b30-28+,38-36+. The Labute approximate surface area is 294 Å². The van der Waals surface area contributed by atoms with Crippen LogP contribution in [0, 0.1) is 0 Å². The van der Waals surface area contributed by atoms with E-state index in [1.807, 2.05) is 6.08 Å². The van der Waals surface area contributed by atoms with Crippen molar-refractivity contribution in [3.63, 3.8) is 0 Å². The van der Waals surface area contributed by atoms with Crippen LogP contribution in [0.3, 0.4) is 0 Å². The van der Waals surface area contributed by atoms with Gasteiger partial charge in [-0.05, 0) is 32.1 Å². The van der Waals surface area contributed by atoms with E-state index in [2.05, 4.69) is 31.3 Å². The van der Waals surface area contributed by atoms with E-state index in [1.165, 1.54) is 173 Å². The Morgan fingerprint density at radius 2 is 0.830 bits per heavy atom. The summed E-state index contributed by atoms with van der Waals surface area (Å²) in [5.41, 5.74) is 0. The van der Waals surface area contributed by atoms with Gasteiger partial charge in [0, 0.05) is 6.42 Å². The minimum atomic E-state index is -0.857. The lowest BCUT2D eigenvalue weighted by Crippen LogP contribution is -2.45. The molecule has 47 heavy (non-hydrogen) atoms. The van der Waals surface area contributed by atoms with Gasteiger partial charge >= 0.3 is 0 Å². The van der Waals surface area contributed by atoms with Crippen LogP contribution in [-0.4, -0.2) is 34.9 Å². The van der Waals surface area contributed by atoms with Crippen molar-refractivity contribution in [3.8, 4) is 0 Å². The molecule has 2 unspecified atom stereocenters. The third kappa shape index (κ3) is 36.0. The van der Waals surface area contributed by atoms with Gasteiger partial charge in [-0.2, -0.15) is 0 Å². The minimum absolute atomic E-state index is 0.0710. The number of unbranched alkanes of at least 4 members (excludes halogenated alkanes) is 29. The average molecular weight is 662 g/mol. The summed E-state index contributed by atoms with van der Waals surface area (Å²) in [4.78, 5) is 12.4. The lowest BCUT2D eigenvalue weighted by molar-refractivity contribution is -0.123. The van der Waals surface area contributed by atoms with Crippen LogP contribution in [-0.2, 0) is 4.79 Å². The summed E-state index contributed by atoms with van der Waals surface area (Å²) in [6.07, 6.45) is 49.9. The Morgan fingerprint density at radius 3 is 1.23 bits per heavy atom. The summed E-state index contributed by atoms with van der Waals surface area (Å²) in [6.45, 7) is 4.31. The molecule has 0 heterocycles. The van der Waals surface area contributed by atoms with Crippen molar-refractivity contribution < 1.29 is 15.0 Å². The van der Waals surface area contributed by atoms with E-state index < -0.39 is 12.1 Å². The molecule has 0 fully saturated rings. The van der Waals surface area contributed by atoms with Gasteiger partial charge in [-0.25, -0.2) is 0 Å². The second-order valence-corrected chi connectivity index (χ2v) is 14.4. The topological polar surface area (TPSA) is 69.6 Å². The smallest absolute Gasteiger partial charge is 0.220 e. The number of aliphatic hydroxyl groups excluding tert-OH is 2. The summed E-state index contributed by atoms with van der Waals surface area (Å²) < 4.78 is 0. The highest BCUT2D eigenvalue weighted by atomic mass is 16.3. The van der Waals surface area contributed by atoms with E-state index in [0.717, 1.165) is 32.1 Å². The van der Waals surface area contributed by atoms with Crippen LogP contribution in [0.25, 0.3) is 0 Å². The summed E-state index contributed by atoms with van der Waals surface area (Å²) in [6, 6.07) is -0.633. The fraction of sp³-hybridized carbons (Fsp3) is 0.884. The predicted octanol–water partition coefficient (Wildman–Crippen LogP) is 12.8. The molecule has 278 valence electrons. The molecule has 3 N–H and O–H groups in total. The van der Waals surface area contributed by atoms with Crippen molar-refractivity contribution in [1.29, 1.82) is 0 Å². The highest BCUT2D eigenvalue weighted by molar-refractivity contribution is 5.76. The van der Waals surface area contributed by atoms with E-state index in [-0.39, 0.29) is 12.5 Å². The molecule has 0 aromatic heterocycles. The zero-order valence-electron chi connectivity index (χ0n) is 31.8. The first-order chi connectivity index (χ1) is 23.2. The van der Waals surface area contributed by atoms with Crippen molar-refractivity contribution in [3.05, 3.63) is 24.3 Å². The number of allylic oxidation sites excluding steroid dienone is 3. The Hall–Kier alpha value is -1.13. The summed E-state index contributed by atoms with van der Waals surface area (Å²) in [5, 5.41) is 23.0. The van der Waals surface area contributed by atoms with Crippen molar-refractivity contribution in [2.75, 3.05) is 6.61 Å². The maximum absolute atomic E-state index is 12.4. The third-order valence-corrected chi connectivity index (χ3v) is 9.69. The molecule has 1 amide bonds. The lowest BCUT2D eigenvalue weighted by Gasteiger charge is -2.19. The number of rotatable bonds is 38. The van der Waals surface area contributed by atoms with Crippen molar-refractivity contribution in [2.24, 2.45) is 0 Å². The summed E-state index contributed by atoms with van der Waals surface area (Å²) in [5.74, 6) is -0.0710. The normalized spacial score (nSPS) is 13.2. The molecular formula is C43H83NO3. The average Bonchev–Trinajstić information content (AvgIpc) is 3.07. The lowest BCUT2D eigenvalue weighted by atomic mass is 10.0. The largest absolute Gasteiger partial charge is 0.394 e. The highest BCUT2D eigenvalue weighted by Crippen LogP contribution is 2.15. The summed E-state index contributed by atoms with van der Waals surface area (Å²) >= 11 is 0. The van der Waals surface area contributed by atoms with Gasteiger partial charge in [-0.15, -0.1) is 0 Å². The molecule has 4 nitrogen and oxygen atoms in total. The molecule has 4 heteroatoms. The molecule has 0 aliphatic rings. The molecule has 0 aromatic carbocycles. The second kappa shape index (κ2) is 39.3. The Morgan fingerprint density at radius 1 is 0.489 bits per heavy atom. The van der Waals surface area contributed by atoms with Crippen molar-refractivity contribution in [2.45, 2.75) is 238 Å². The van der Waals surface area contributed by atoms with Gasteiger partial charge in [-0.1, -0.05) is 212 Å². The van der Waals surface area contributed by atoms with E-state index in [0.29, 0.717) is 6.42 Å². The molecule has 0 aliphatic heterocycles. The van der Waals surface area contributed by atoms with Gasteiger partial charge in [0.15, 0.2) is 0 Å². The Kier molecular flexibility index (Phi) is 38.4. The molecule has 0 aliphatic carbocycles. The predicted molar refractivity (Wildman–Crippen MR) is 207 cm³/mol. The molecule has 0 rings (SSSR count). The van der Waals surface area contributed by atoms with Crippen LogP contribution in [0.15, 0.2) is 24.3 Å². The number of carbonyl (C=O) groups excluding carboxylic acids is 1. The van der Waals surface area contributed by atoms with Crippen LogP contribution >= 0.6 is 0 Å². The monoisotopic (exact) mass is 662 g/mol. The minimum Gasteiger partial charge on any atom is -0.394 e. The van der Waals surface area contributed by atoms with E-state index in [1.54, 1.807) is 6.08 Å². The molecule has 0 saturated heterocycles. The number of hydrogen-bond acceptors (Lipinski definition) is 3. The fourth-order valence-electron chi connectivity index (χ4n) is 6.43. The number of amides is 1. The molecule has 0 aromatic rings. The fourth-order valence-corrected chi connectivity index (χ4v) is 6.43. The third-order valence-electron chi connectivity index (χ3n) is 9.69. The molecule has 0 saturated carbocycles. The van der Waals surface area contributed by atoms with Crippen LogP contribution in [0.5, 0.6) is 0 Å². The zero-order chi connectivity index (χ0) is 34.3. The first-order valence-electron chi connectivity index (χ1n) is 21.1. The van der Waals surface area contributed by atoms with E-state index in [4.69, 9.17) is 0 Å². The molecule has 2 atom stereocenters. The van der Waals surface area contributed by atoms with Crippen LogP contribution in [0.2, 0.25) is 0 Å². The number of carbonyl (C=O) groups is 1. The first-order valence-corrected chi connectivity index (χ1v) is 21.1. The van der Waals surface area contributed by atoms with Gasteiger partial charge in [-0.3, -0.25) is 4.79 Å². The number of nitrogens with one attached hydrogen (secondary N) is 1. The SMILES string of the molecule is CCCCCCCCCCCCC/C=C/CC/C=C/C(O)C(CO)NC(=O)CCCCCCCCCCCCCCCCCCCC. The zero-order valence-corrected chi connectivity index (χ0v) is 31.8. The number of hydrogen-bond donors (Lipinski definition) is 3. The van der Waals surface area contributed by atoms with Crippen LogP contribution < -0.4 is 5.32 Å². The van der Waals surface area contributed by atoms with E-state index >= 15 is 0 Å². The maximum Gasteiger partial charge on any atom is 0.220 e. The first kappa shape index (κ1) is 45.9. The molecule has 0 bridgehead atoms. The van der Waals surface area contributed by atoms with Gasteiger partial charge < -0.3 is 15.5 Å². The second-order valence-electron chi connectivity index (χ2n) is 14.4. The molecular weight excluding hydrogens is 578 g/mol. The summed E-state index contributed by atoms with van der Waals surface area (Å²) in [7, 11) is 0. The van der Waals surface area contributed by atoms with Crippen molar-refractivity contribution in [1.82, 2.24) is 5.32 Å². The molecule has 0 spiro atoms. The van der Waals surface area contributed by atoms with Gasteiger partial charge in [0.25, 0.3) is 0 Å². The highest BCUT2D eigenvalue weighted by Gasteiger charge is 2.17. The van der Waals surface area contributed by atoms with E-state index in [9.17, 15) is 15.0 Å². The molecule has 0 radical (unpaired) electrons.